The fourth-order valence-electron chi connectivity index (χ4n) is 1.49. The number of methoxy groups -OCH3 is 1. The summed E-state index contributed by atoms with van der Waals surface area (Å²) in [6.07, 6.45) is 1.67. The Bertz CT molecular complexity index is 355. The average Bonchev–Trinajstić information content (AvgIpc) is 2.19. The SMILES string of the molecule is COc1nc(N2CC(CO)C2)ncc1Br. The molecule has 0 saturated carbocycles. The lowest BCUT2D eigenvalue weighted by Gasteiger charge is -2.38. The molecular formula is C9H12BrN3O2. The fraction of sp³-hybridized carbons (Fsp3) is 0.556. The minimum atomic E-state index is 0.226. The third kappa shape index (κ3) is 2.05. The first kappa shape index (κ1) is 10.6. The standard InChI is InChI=1S/C9H12BrN3O2/c1-15-8-7(10)2-11-9(12-8)13-3-6(4-13)5-14/h2,6,14H,3-5H2,1H3. The van der Waals surface area contributed by atoms with Crippen LogP contribution in [0.2, 0.25) is 0 Å². The molecule has 1 aliphatic heterocycles. The summed E-state index contributed by atoms with van der Waals surface area (Å²) >= 11 is 3.30. The molecule has 0 unspecified atom stereocenters. The maximum absolute atomic E-state index is 8.90. The van der Waals surface area contributed by atoms with Crippen molar-refractivity contribution in [1.29, 1.82) is 0 Å². The number of aromatic nitrogens is 2. The second kappa shape index (κ2) is 4.32. The van der Waals surface area contributed by atoms with Crippen molar-refractivity contribution in [1.82, 2.24) is 9.97 Å². The van der Waals surface area contributed by atoms with Crippen molar-refractivity contribution in [2.24, 2.45) is 5.92 Å². The smallest absolute Gasteiger partial charge is 0.232 e. The summed E-state index contributed by atoms with van der Waals surface area (Å²) < 4.78 is 5.83. The van der Waals surface area contributed by atoms with Crippen LogP contribution in [0.15, 0.2) is 10.7 Å². The Morgan fingerprint density at radius 3 is 3.00 bits per heavy atom. The Morgan fingerprint density at radius 1 is 1.67 bits per heavy atom. The number of anilines is 1. The maximum Gasteiger partial charge on any atom is 0.232 e. The average molecular weight is 274 g/mol. The van der Waals surface area contributed by atoms with E-state index in [1.807, 2.05) is 4.90 Å². The van der Waals surface area contributed by atoms with Crippen LogP contribution in [0.25, 0.3) is 0 Å². The highest BCUT2D eigenvalue weighted by atomic mass is 79.9. The summed E-state index contributed by atoms with van der Waals surface area (Å²) in [6.45, 7) is 1.84. The van der Waals surface area contributed by atoms with E-state index in [2.05, 4.69) is 25.9 Å². The lowest BCUT2D eigenvalue weighted by Crippen LogP contribution is -2.49. The number of hydrogen-bond donors (Lipinski definition) is 1. The van der Waals surface area contributed by atoms with Crippen LogP contribution in [0.1, 0.15) is 0 Å². The zero-order valence-electron chi connectivity index (χ0n) is 8.35. The van der Waals surface area contributed by atoms with Gasteiger partial charge in [0.1, 0.15) is 0 Å². The Hall–Kier alpha value is -0.880. The molecular weight excluding hydrogens is 262 g/mol. The number of hydrogen-bond acceptors (Lipinski definition) is 5. The largest absolute Gasteiger partial charge is 0.480 e. The number of rotatable bonds is 3. The first-order valence-corrected chi connectivity index (χ1v) is 5.46. The molecule has 82 valence electrons. The van der Waals surface area contributed by atoms with Gasteiger partial charge in [-0.3, -0.25) is 0 Å². The van der Waals surface area contributed by atoms with Crippen molar-refractivity contribution in [2.45, 2.75) is 0 Å². The molecule has 0 amide bonds. The van der Waals surface area contributed by atoms with Gasteiger partial charge >= 0.3 is 0 Å². The molecule has 2 rings (SSSR count). The van der Waals surface area contributed by atoms with Crippen molar-refractivity contribution < 1.29 is 9.84 Å². The second-order valence-corrected chi connectivity index (χ2v) is 4.34. The molecule has 15 heavy (non-hydrogen) atoms. The third-order valence-corrected chi connectivity index (χ3v) is 2.93. The number of halogens is 1. The van der Waals surface area contributed by atoms with Gasteiger partial charge in [-0.1, -0.05) is 0 Å². The van der Waals surface area contributed by atoms with E-state index in [4.69, 9.17) is 9.84 Å². The quantitative estimate of drug-likeness (QED) is 0.878. The van der Waals surface area contributed by atoms with E-state index in [0.717, 1.165) is 17.6 Å². The van der Waals surface area contributed by atoms with Gasteiger partial charge in [0, 0.05) is 25.6 Å². The Balaban J connectivity index is 2.10. The van der Waals surface area contributed by atoms with Crippen LogP contribution in [-0.4, -0.2) is 41.9 Å². The van der Waals surface area contributed by atoms with Crippen LogP contribution in [0, 0.1) is 5.92 Å². The molecule has 1 N–H and O–H groups in total. The molecule has 0 spiro atoms. The summed E-state index contributed by atoms with van der Waals surface area (Å²) in [5.74, 6) is 1.54. The highest BCUT2D eigenvalue weighted by Gasteiger charge is 2.28. The molecule has 1 aromatic heterocycles. The molecule has 0 aliphatic carbocycles. The minimum Gasteiger partial charge on any atom is -0.480 e. The number of aliphatic hydroxyl groups excluding tert-OH is 1. The molecule has 0 atom stereocenters. The highest BCUT2D eigenvalue weighted by Crippen LogP contribution is 2.26. The molecule has 0 radical (unpaired) electrons. The van der Waals surface area contributed by atoms with Crippen LogP contribution in [0.5, 0.6) is 5.88 Å². The van der Waals surface area contributed by atoms with E-state index >= 15 is 0 Å². The predicted molar refractivity (Wildman–Crippen MR) is 59.1 cm³/mol. The molecule has 0 aromatic carbocycles. The van der Waals surface area contributed by atoms with Crippen LogP contribution in [0.4, 0.5) is 5.95 Å². The van der Waals surface area contributed by atoms with Crippen LogP contribution in [-0.2, 0) is 0 Å². The van der Waals surface area contributed by atoms with Crippen molar-refractivity contribution >= 4 is 21.9 Å². The van der Waals surface area contributed by atoms with E-state index in [0.29, 0.717) is 17.7 Å². The number of aliphatic hydroxyl groups is 1. The van der Waals surface area contributed by atoms with Crippen LogP contribution < -0.4 is 9.64 Å². The normalized spacial score (nSPS) is 16.3. The highest BCUT2D eigenvalue weighted by molar-refractivity contribution is 9.10. The van der Waals surface area contributed by atoms with E-state index in [-0.39, 0.29) is 6.61 Å². The molecule has 5 nitrogen and oxygen atoms in total. The molecule has 1 aliphatic rings. The van der Waals surface area contributed by atoms with Gasteiger partial charge in [0.15, 0.2) is 0 Å². The van der Waals surface area contributed by atoms with E-state index < -0.39 is 0 Å². The summed E-state index contributed by atoms with van der Waals surface area (Å²) in [7, 11) is 1.57. The minimum absolute atomic E-state index is 0.226. The monoisotopic (exact) mass is 273 g/mol. The first-order valence-electron chi connectivity index (χ1n) is 4.67. The predicted octanol–water partition coefficient (Wildman–Crippen LogP) is 0.676. The number of nitrogens with zero attached hydrogens (tertiary/aromatic N) is 3. The van der Waals surface area contributed by atoms with Crippen molar-refractivity contribution in [2.75, 3.05) is 31.7 Å². The van der Waals surface area contributed by atoms with Crippen LogP contribution in [0.3, 0.4) is 0 Å². The summed E-state index contributed by atoms with van der Waals surface area (Å²) in [6, 6.07) is 0. The van der Waals surface area contributed by atoms with E-state index in [9.17, 15) is 0 Å². The van der Waals surface area contributed by atoms with E-state index in [1.165, 1.54) is 0 Å². The third-order valence-electron chi connectivity index (χ3n) is 2.39. The lowest BCUT2D eigenvalue weighted by molar-refractivity contribution is 0.199. The number of ether oxygens (including phenoxy) is 1. The lowest BCUT2D eigenvalue weighted by atomic mass is 10.0. The van der Waals surface area contributed by atoms with Crippen molar-refractivity contribution in [3.8, 4) is 5.88 Å². The molecule has 1 saturated heterocycles. The molecule has 0 bridgehead atoms. The van der Waals surface area contributed by atoms with Gasteiger partial charge in [0.2, 0.25) is 11.8 Å². The molecule has 6 heteroatoms. The Labute approximate surface area is 96.2 Å². The van der Waals surface area contributed by atoms with Gasteiger partial charge in [-0.2, -0.15) is 4.98 Å². The fourth-order valence-corrected chi connectivity index (χ4v) is 1.84. The first-order chi connectivity index (χ1) is 7.24. The maximum atomic E-state index is 8.90. The van der Waals surface area contributed by atoms with Crippen LogP contribution >= 0.6 is 15.9 Å². The molecule has 1 fully saturated rings. The Kier molecular flexibility index (Phi) is 3.06. The van der Waals surface area contributed by atoms with Crippen molar-refractivity contribution in [3.05, 3.63) is 10.7 Å². The molecule has 1 aromatic rings. The topological polar surface area (TPSA) is 58.5 Å². The zero-order chi connectivity index (χ0) is 10.8. The van der Waals surface area contributed by atoms with Gasteiger partial charge in [-0.05, 0) is 15.9 Å². The van der Waals surface area contributed by atoms with Gasteiger partial charge in [-0.25, -0.2) is 4.98 Å². The molecule has 2 heterocycles. The zero-order valence-corrected chi connectivity index (χ0v) is 9.94. The van der Waals surface area contributed by atoms with Crippen molar-refractivity contribution in [3.63, 3.8) is 0 Å². The summed E-state index contributed by atoms with van der Waals surface area (Å²) in [5, 5.41) is 8.90. The second-order valence-electron chi connectivity index (χ2n) is 3.48. The summed E-state index contributed by atoms with van der Waals surface area (Å²) in [4.78, 5) is 10.4. The van der Waals surface area contributed by atoms with Gasteiger partial charge in [0.05, 0.1) is 17.8 Å². The Morgan fingerprint density at radius 2 is 2.40 bits per heavy atom. The van der Waals surface area contributed by atoms with Gasteiger partial charge in [0.25, 0.3) is 0 Å². The van der Waals surface area contributed by atoms with Gasteiger partial charge in [-0.15, -0.1) is 0 Å². The summed E-state index contributed by atoms with van der Waals surface area (Å²) in [5.41, 5.74) is 0. The van der Waals surface area contributed by atoms with E-state index in [1.54, 1.807) is 13.3 Å². The van der Waals surface area contributed by atoms with Gasteiger partial charge < -0.3 is 14.7 Å².